The zero-order chi connectivity index (χ0) is 27.4. The number of morpholine rings is 1. The Bertz CT molecular complexity index is 1290. The summed E-state index contributed by atoms with van der Waals surface area (Å²) < 4.78 is 60.0. The van der Waals surface area contributed by atoms with Crippen LogP contribution in [0.3, 0.4) is 0 Å². The number of urea groups is 1. The monoisotopic (exact) mass is 552 g/mol. The van der Waals surface area contributed by atoms with E-state index in [2.05, 4.69) is 5.32 Å². The zero-order valence-electron chi connectivity index (χ0n) is 20.1. The van der Waals surface area contributed by atoms with Crippen molar-refractivity contribution in [2.75, 3.05) is 39.4 Å². The lowest BCUT2D eigenvalue weighted by atomic mass is 10.0. The summed E-state index contributed by atoms with van der Waals surface area (Å²) in [7, 11) is -4.37. The quantitative estimate of drug-likeness (QED) is 0.530. The Hall–Kier alpha value is -3.62. The van der Waals surface area contributed by atoms with Crippen LogP contribution in [0.5, 0.6) is 0 Å². The molecule has 2 saturated heterocycles. The molecule has 0 aliphatic carbocycles. The molecule has 2 heterocycles. The second-order valence-electron chi connectivity index (χ2n) is 8.73. The van der Waals surface area contributed by atoms with E-state index in [9.17, 15) is 36.7 Å². The summed E-state index contributed by atoms with van der Waals surface area (Å²) in [6.45, 7) is 0.693. The lowest BCUT2D eigenvalue weighted by Gasteiger charge is -2.35. The molecule has 2 fully saturated rings. The van der Waals surface area contributed by atoms with Crippen LogP contribution in [-0.4, -0.2) is 91.1 Å². The largest absolute Gasteiger partial charge is 0.481 e. The fraction of sp³-hybridized carbons (Fsp3) is 0.375. The molecule has 0 saturated carbocycles. The second-order valence-corrected chi connectivity index (χ2v) is 10.6. The van der Waals surface area contributed by atoms with E-state index in [1.165, 1.54) is 17.0 Å². The van der Waals surface area contributed by atoms with Crippen LogP contribution in [0.25, 0.3) is 0 Å². The second kappa shape index (κ2) is 11.4. The van der Waals surface area contributed by atoms with Gasteiger partial charge in [-0.05, 0) is 42.0 Å². The first-order valence-corrected chi connectivity index (χ1v) is 13.2. The van der Waals surface area contributed by atoms with Crippen LogP contribution in [0.1, 0.15) is 18.0 Å². The van der Waals surface area contributed by atoms with E-state index < -0.39 is 58.2 Å². The van der Waals surface area contributed by atoms with Crippen LogP contribution < -0.4 is 5.32 Å². The maximum absolute atomic E-state index is 13.6. The van der Waals surface area contributed by atoms with Crippen LogP contribution in [0.2, 0.25) is 0 Å². The third-order valence-electron chi connectivity index (χ3n) is 6.28. The number of hydrogen-bond acceptors (Lipinski definition) is 6. The number of carbonyl (C=O) groups excluding carboxylic acids is 2. The Morgan fingerprint density at radius 3 is 2.11 bits per heavy atom. The van der Waals surface area contributed by atoms with Crippen molar-refractivity contribution in [2.24, 2.45) is 0 Å². The van der Waals surface area contributed by atoms with Crippen LogP contribution in [0.4, 0.5) is 13.6 Å². The SMILES string of the molecule is O=C(O)CC(NC(=O)C1N(C(=O)N2CCOCC2)CCN1S(=O)(=O)c1ccc(F)cc1)c1ccc(F)cc1. The van der Waals surface area contributed by atoms with Gasteiger partial charge in [-0.15, -0.1) is 0 Å². The number of carboxylic acid groups (broad SMARTS) is 1. The molecule has 0 bridgehead atoms. The number of amides is 3. The average molecular weight is 553 g/mol. The van der Waals surface area contributed by atoms with Gasteiger partial charge < -0.3 is 20.1 Å². The maximum Gasteiger partial charge on any atom is 0.321 e. The van der Waals surface area contributed by atoms with E-state index in [4.69, 9.17) is 4.74 Å². The Morgan fingerprint density at radius 2 is 1.53 bits per heavy atom. The fourth-order valence-corrected chi connectivity index (χ4v) is 5.92. The summed E-state index contributed by atoms with van der Waals surface area (Å²) in [5.41, 5.74) is 0.277. The molecule has 2 atom stereocenters. The standard InChI is InChI=1S/C24H26F2N4O7S/c25-17-3-1-16(2-4-17)20(15-21(31)32)27-22(33)23-29(24(34)28-11-13-37-14-12-28)9-10-30(23)38(35,36)19-7-5-18(26)6-8-19/h1-8,20,23H,9-15H2,(H,27,33)(H,31,32). The number of halogens is 2. The van der Waals surface area contributed by atoms with Crippen molar-refractivity contribution < 1.29 is 41.4 Å². The number of hydrogen-bond donors (Lipinski definition) is 2. The highest BCUT2D eigenvalue weighted by atomic mass is 32.2. The lowest BCUT2D eigenvalue weighted by molar-refractivity contribution is -0.138. The molecule has 3 amide bonds. The van der Waals surface area contributed by atoms with Gasteiger partial charge >= 0.3 is 12.0 Å². The molecule has 11 nitrogen and oxygen atoms in total. The van der Waals surface area contributed by atoms with Crippen molar-refractivity contribution in [3.63, 3.8) is 0 Å². The number of rotatable bonds is 7. The van der Waals surface area contributed by atoms with Crippen LogP contribution in [0.15, 0.2) is 53.4 Å². The average Bonchev–Trinajstić information content (AvgIpc) is 3.35. The first-order valence-electron chi connectivity index (χ1n) is 11.8. The Kier molecular flexibility index (Phi) is 8.23. The molecular weight excluding hydrogens is 526 g/mol. The fourth-order valence-electron chi connectivity index (χ4n) is 4.38. The molecule has 0 spiro atoms. The van der Waals surface area contributed by atoms with E-state index >= 15 is 0 Å². The Morgan fingerprint density at radius 1 is 0.947 bits per heavy atom. The summed E-state index contributed by atoms with van der Waals surface area (Å²) in [4.78, 5) is 40.8. The van der Waals surface area contributed by atoms with Gasteiger partial charge in [-0.25, -0.2) is 22.0 Å². The lowest BCUT2D eigenvalue weighted by Crippen LogP contribution is -2.57. The summed E-state index contributed by atoms with van der Waals surface area (Å²) in [5.74, 6) is -3.42. The summed E-state index contributed by atoms with van der Waals surface area (Å²) in [6, 6.07) is 7.13. The number of nitrogens with zero attached hydrogens (tertiary/aromatic N) is 3. The van der Waals surface area contributed by atoms with Gasteiger partial charge in [0.25, 0.3) is 5.91 Å². The van der Waals surface area contributed by atoms with E-state index in [1.54, 1.807) is 0 Å². The number of carbonyl (C=O) groups is 3. The van der Waals surface area contributed by atoms with Gasteiger partial charge in [-0.2, -0.15) is 4.31 Å². The highest BCUT2D eigenvalue weighted by Crippen LogP contribution is 2.27. The first-order chi connectivity index (χ1) is 18.1. The maximum atomic E-state index is 13.6. The van der Waals surface area contributed by atoms with Gasteiger partial charge in [0.05, 0.1) is 30.6 Å². The third-order valence-corrected chi connectivity index (χ3v) is 8.15. The molecule has 0 aromatic heterocycles. The predicted molar refractivity (Wildman–Crippen MR) is 128 cm³/mol. The number of nitrogens with one attached hydrogen (secondary N) is 1. The van der Waals surface area contributed by atoms with Gasteiger partial charge in [-0.1, -0.05) is 12.1 Å². The van der Waals surface area contributed by atoms with Gasteiger partial charge in [0.1, 0.15) is 11.6 Å². The third kappa shape index (κ3) is 5.92. The molecule has 204 valence electrons. The number of aliphatic carboxylic acids is 1. The summed E-state index contributed by atoms with van der Waals surface area (Å²) in [6.07, 6.45) is -2.23. The van der Waals surface area contributed by atoms with Gasteiger partial charge in [0, 0.05) is 26.2 Å². The molecule has 2 aromatic rings. The molecule has 14 heteroatoms. The van der Waals surface area contributed by atoms with Crippen molar-refractivity contribution in [2.45, 2.75) is 23.5 Å². The van der Waals surface area contributed by atoms with Gasteiger partial charge in [0.2, 0.25) is 10.0 Å². The molecular formula is C24H26F2N4O7S. The highest BCUT2D eigenvalue weighted by molar-refractivity contribution is 7.89. The minimum atomic E-state index is -4.37. The zero-order valence-corrected chi connectivity index (χ0v) is 20.9. The van der Waals surface area contributed by atoms with Crippen molar-refractivity contribution in [1.29, 1.82) is 0 Å². The summed E-state index contributed by atoms with van der Waals surface area (Å²) in [5, 5.41) is 11.9. The topological polar surface area (TPSA) is 137 Å². The minimum Gasteiger partial charge on any atom is -0.481 e. The van der Waals surface area contributed by atoms with Crippen molar-refractivity contribution >= 4 is 27.9 Å². The summed E-state index contributed by atoms with van der Waals surface area (Å²) >= 11 is 0. The van der Waals surface area contributed by atoms with Crippen molar-refractivity contribution in [1.82, 2.24) is 19.4 Å². The Balaban J connectivity index is 1.68. The number of sulfonamides is 1. The van der Waals surface area contributed by atoms with Crippen molar-refractivity contribution in [3.8, 4) is 0 Å². The molecule has 4 rings (SSSR count). The number of carboxylic acids is 1. The molecule has 2 N–H and O–H groups in total. The van der Waals surface area contributed by atoms with Gasteiger partial charge in [-0.3, -0.25) is 14.5 Å². The van der Waals surface area contributed by atoms with Crippen LogP contribution in [-0.2, 0) is 24.3 Å². The minimum absolute atomic E-state index is 0.116. The molecule has 2 aliphatic heterocycles. The normalized spacial score (nSPS) is 19.3. The first kappa shape index (κ1) is 27.4. The molecule has 0 radical (unpaired) electrons. The predicted octanol–water partition coefficient (Wildman–Crippen LogP) is 1.38. The number of ether oxygens (including phenoxy) is 1. The van der Waals surface area contributed by atoms with E-state index in [0.717, 1.165) is 45.6 Å². The number of benzene rings is 2. The van der Waals surface area contributed by atoms with Crippen LogP contribution in [0, 0.1) is 11.6 Å². The van der Waals surface area contributed by atoms with Crippen molar-refractivity contribution in [3.05, 3.63) is 65.7 Å². The molecule has 38 heavy (non-hydrogen) atoms. The van der Waals surface area contributed by atoms with E-state index in [0.29, 0.717) is 0 Å². The Labute approximate surface area is 217 Å². The molecule has 2 aromatic carbocycles. The van der Waals surface area contributed by atoms with E-state index in [-0.39, 0.29) is 49.9 Å². The van der Waals surface area contributed by atoms with E-state index in [1.807, 2.05) is 0 Å². The van der Waals surface area contributed by atoms with Crippen LogP contribution >= 0.6 is 0 Å². The molecule has 2 unspecified atom stereocenters. The highest BCUT2D eigenvalue weighted by Gasteiger charge is 2.48. The smallest absolute Gasteiger partial charge is 0.321 e. The molecule has 2 aliphatic rings. The van der Waals surface area contributed by atoms with Gasteiger partial charge in [0.15, 0.2) is 6.17 Å².